The second-order valence-electron chi connectivity index (χ2n) is 3.73. The molecule has 0 saturated heterocycles. The van der Waals surface area contributed by atoms with Crippen LogP contribution in [-0.2, 0) is 18.0 Å². The second kappa shape index (κ2) is 6.65. The molecule has 0 unspecified atom stereocenters. The average molecular weight is 242 g/mol. The van der Waals surface area contributed by atoms with Gasteiger partial charge in [-0.1, -0.05) is 24.0 Å². The van der Waals surface area contributed by atoms with Crippen LogP contribution in [0.2, 0.25) is 0 Å². The van der Waals surface area contributed by atoms with Crippen LogP contribution in [0.3, 0.4) is 0 Å². The number of ether oxygens (including phenoxy) is 1. The summed E-state index contributed by atoms with van der Waals surface area (Å²) in [4.78, 5) is 0. The van der Waals surface area contributed by atoms with Crippen LogP contribution in [0.1, 0.15) is 16.9 Å². The third-order valence-electron chi connectivity index (χ3n) is 2.36. The highest BCUT2D eigenvalue weighted by Gasteiger charge is 1.97. The minimum atomic E-state index is -0.117. The first-order chi connectivity index (χ1) is 8.88. The maximum atomic E-state index is 8.59. The minimum Gasteiger partial charge on any atom is -0.467 e. The van der Waals surface area contributed by atoms with E-state index in [9.17, 15) is 0 Å². The fraction of sp³-hybridized carbons (Fsp3) is 0.200. The molecule has 3 heteroatoms. The molecule has 0 saturated carbocycles. The van der Waals surface area contributed by atoms with Crippen molar-refractivity contribution in [1.82, 2.24) is 0 Å². The first kappa shape index (κ1) is 12.4. The summed E-state index contributed by atoms with van der Waals surface area (Å²) >= 11 is 0. The highest BCUT2D eigenvalue weighted by atomic mass is 16.5. The van der Waals surface area contributed by atoms with Crippen LogP contribution >= 0.6 is 0 Å². The fourth-order valence-corrected chi connectivity index (χ4v) is 1.49. The monoisotopic (exact) mass is 242 g/mol. The van der Waals surface area contributed by atoms with Crippen LogP contribution in [0.5, 0.6) is 0 Å². The lowest BCUT2D eigenvalue weighted by molar-refractivity contribution is 0.0929. The molecule has 1 N–H and O–H groups in total. The highest BCUT2D eigenvalue weighted by molar-refractivity contribution is 5.36. The standard InChI is InChI=1S/C15H14O3/c16-9-1-3-13-5-7-14(8-6-13)11-17-12-15-4-2-10-18-15/h2,4-8,10,16H,9,11-12H2. The Labute approximate surface area is 106 Å². The van der Waals surface area contributed by atoms with E-state index in [4.69, 9.17) is 14.3 Å². The van der Waals surface area contributed by atoms with Gasteiger partial charge in [0.15, 0.2) is 0 Å². The molecule has 0 radical (unpaired) electrons. The van der Waals surface area contributed by atoms with Gasteiger partial charge in [0.2, 0.25) is 0 Å². The van der Waals surface area contributed by atoms with E-state index in [1.54, 1.807) is 6.26 Å². The lowest BCUT2D eigenvalue weighted by Crippen LogP contribution is -1.93. The van der Waals surface area contributed by atoms with Crippen LogP contribution in [0.15, 0.2) is 47.1 Å². The third kappa shape index (κ3) is 3.77. The molecular weight excluding hydrogens is 228 g/mol. The molecule has 0 spiro atoms. The van der Waals surface area contributed by atoms with Gasteiger partial charge in [-0.25, -0.2) is 0 Å². The summed E-state index contributed by atoms with van der Waals surface area (Å²) < 4.78 is 10.7. The predicted molar refractivity (Wildman–Crippen MR) is 67.6 cm³/mol. The van der Waals surface area contributed by atoms with Crippen molar-refractivity contribution in [2.45, 2.75) is 13.2 Å². The minimum absolute atomic E-state index is 0.117. The van der Waals surface area contributed by atoms with Crippen molar-refractivity contribution in [2.24, 2.45) is 0 Å². The Morgan fingerprint density at radius 2 is 1.94 bits per heavy atom. The normalized spacial score (nSPS) is 9.83. The quantitative estimate of drug-likeness (QED) is 0.837. The average Bonchev–Trinajstić information content (AvgIpc) is 2.91. The van der Waals surface area contributed by atoms with Gasteiger partial charge in [0.1, 0.15) is 19.0 Å². The largest absolute Gasteiger partial charge is 0.467 e. The number of rotatable bonds is 4. The van der Waals surface area contributed by atoms with Gasteiger partial charge in [-0.3, -0.25) is 0 Å². The molecular formula is C15H14O3. The summed E-state index contributed by atoms with van der Waals surface area (Å²) in [6.45, 7) is 0.890. The Balaban J connectivity index is 1.83. The topological polar surface area (TPSA) is 42.6 Å². The summed E-state index contributed by atoms with van der Waals surface area (Å²) in [5.74, 6) is 6.27. The van der Waals surface area contributed by atoms with E-state index in [0.717, 1.165) is 16.9 Å². The number of aliphatic hydroxyl groups is 1. The molecule has 0 aliphatic heterocycles. The van der Waals surface area contributed by atoms with Gasteiger partial charge in [-0.05, 0) is 29.8 Å². The molecule has 1 aromatic heterocycles. The zero-order valence-corrected chi connectivity index (χ0v) is 9.93. The molecule has 2 rings (SSSR count). The van der Waals surface area contributed by atoms with Crippen LogP contribution in [0.4, 0.5) is 0 Å². The first-order valence-electron chi connectivity index (χ1n) is 5.67. The van der Waals surface area contributed by atoms with Gasteiger partial charge in [0, 0.05) is 5.56 Å². The molecule has 92 valence electrons. The van der Waals surface area contributed by atoms with Crippen molar-refractivity contribution >= 4 is 0 Å². The molecule has 0 fully saturated rings. The van der Waals surface area contributed by atoms with Gasteiger partial charge in [0.25, 0.3) is 0 Å². The van der Waals surface area contributed by atoms with Crippen molar-refractivity contribution in [3.63, 3.8) is 0 Å². The van der Waals surface area contributed by atoms with Crippen molar-refractivity contribution in [1.29, 1.82) is 0 Å². The number of hydrogen-bond donors (Lipinski definition) is 1. The molecule has 0 amide bonds. The predicted octanol–water partition coefficient (Wildman–Crippen LogP) is 2.34. The molecule has 18 heavy (non-hydrogen) atoms. The lowest BCUT2D eigenvalue weighted by atomic mass is 10.1. The smallest absolute Gasteiger partial charge is 0.129 e. The number of furan rings is 1. The summed E-state index contributed by atoms with van der Waals surface area (Å²) in [6, 6.07) is 11.5. The van der Waals surface area contributed by atoms with Crippen LogP contribution in [0.25, 0.3) is 0 Å². The van der Waals surface area contributed by atoms with Gasteiger partial charge in [0.05, 0.1) is 12.9 Å². The molecule has 1 aromatic carbocycles. The first-order valence-corrected chi connectivity index (χ1v) is 5.67. The maximum Gasteiger partial charge on any atom is 0.129 e. The summed E-state index contributed by atoms with van der Waals surface area (Å²) in [7, 11) is 0. The Bertz CT molecular complexity index is 515. The summed E-state index contributed by atoms with van der Waals surface area (Å²) in [6.07, 6.45) is 1.63. The van der Waals surface area contributed by atoms with Crippen LogP contribution in [-0.4, -0.2) is 11.7 Å². The summed E-state index contributed by atoms with van der Waals surface area (Å²) in [5.41, 5.74) is 1.97. The lowest BCUT2D eigenvalue weighted by Gasteiger charge is -2.02. The van der Waals surface area contributed by atoms with Crippen LogP contribution < -0.4 is 0 Å². The Kier molecular flexibility index (Phi) is 4.60. The Morgan fingerprint density at radius 3 is 2.61 bits per heavy atom. The molecule has 2 aromatic rings. The SMILES string of the molecule is OCC#Cc1ccc(COCc2ccco2)cc1. The highest BCUT2D eigenvalue weighted by Crippen LogP contribution is 2.07. The van der Waals surface area contributed by atoms with E-state index in [0.29, 0.717) is 13.2 Å². The van der Waals surface area contributed by atoms with Crippen molar-refractivity contribution in [3.8, 4) is 11.8 Å². The van der Waals surface area contributed by atoms with E-state index in [1.165, 1.54) is 0 Å². The van der Waals surface area contributed by atoms with Gasteiger partial charge >= 0.3 is 0 Å². The van der Waals surface area contributed by atoms with Crippen LogP contribution in [0, 0.1) is 11.8 Å². The van der Waals surface area contributed by atoms with E-state index < -0.39 is 0 Å². The molecule has 0 bridgehead atoms. The van der Waals surface area contributed by atoms with E-state index in [2.05, 4.69) is 11.8 Å². The molecule has 0 aliphatic carbocycles. The fourth-order valence-electron chi connectivity index (χ4n) is 1.49. The molecule has 0 aliphatic rings. The number of benzene rings is 1. The molecule has 0 atom stereocenters. The molecule has 1 heterocycles. The summed E-state index contributed by atoms with van der Waals surface area (Å²) in [5, 5.41) is 8.59. The van der Waals surface area contributed by atoms with Crippen molar-refractivity contribution in [2.75, 3.05) is 6.61 Å². The third-order valence-corrected chi connectivity index (χ3v) is 2.36. The maximum absolute atomic E-state index is 8.59. The zero-order chi connectivity index (χ0) is 12.6. The molecule has 3 nitrogen and oxygen atoms in total. The Morgan fingerprint density at radius 1 is 1.11 bits per heavy atom. The van der Waals surface area contributed by atoms with Crippen molar-refractivity contribution < 1.29 is 14.3 Å². The zero-order valence-electron chi connectivity index (χ0n) is 9.93. The number of aliphatic hydroxyl groups excluding tert-OH is 1. The van der Waals surface area contributed by atoms with Gasteiger partial charge in [-0.15, -0.1) is 0 Å². The second-order valence-corrected chi connectivity index (χ2v) is 3.73. The van der Waals surface area contributed by atoms with Gasteiger partial charge in [-0.2, -0.15) is 0 Å². The Hall–Kier alpha value is -2.02. The van der Waals surface area contributed by atoms with Gasteiger partial charge < -0.3 is 14.3 Å². The van der Waals surface area contributed by atoms with E-state index in [1.807, 2.05) is 36.4 Å². The van der Waals surface area contributed by atoms with E-state index >= 15 is 0 Å². The number of hydrogen-bond acceptors (Lipinski definition) is 3. The van der Waals surface area contributed by atoms with Crippen molar-refractivity contribution in [3.05, 3.63) is 59.5 Å². The van der Waals surface area contributed by atoms with E-state index in [-0.39, 0.29) is 6.61 Å².